The lowest BCUT2D eigenvalue weighted by Crippen LogP contribution is -1.99. The Labute approximate surface area is 131 Å². The Morgan fingerprint density at radius 3 is 2.63 bits per heavy atom. The molecule has 0 atom stereocenters. The summed E-state index contributed by atoms with van der Waals surface area (Å²) in [6, 6.07) is 7.05. The van der Waals surface area contributed by atoms with Gasteiger partial charge in [0, 0.05) is 20.0 Å². The maximum absolute atomic E-state index is 11.2. The fourth-order valence-electron chi connectivity index (χ4n) is 1.50. The largest absolute Gasteiger partial charge is 0.478 e. The van der Waals surface area contributed by atoms with E-state index in [1.54, 1.807) is 24.4 Å². The number of rotatable bonds is 3. The summed E-state index contributed by atoms with van der Waals surface area (Å²) >= 11 is 8.06. The normalized spacial score (nSPS) is 10.5. The first kappa shape index (κ1) is 14.6. The molecule has 0 saturated carbocycles. The van der Waals surface area contributed by atoms with Gasteiger partial charge in [-0.15, -0.1) is 0 Å². The molecule has 0 radical (unpaired) electrons. The number of carbonyl (C=O) groups is 1. The highest BCUT2D eigenvalue weighted by atomic mass is 79.9. The van der Waals surface area contributed by atoms with E-state index in [-0.39, 0.29) is 5.56 Å². The molecule has 0 aliphatic heterocycles. The summed E-state index contributed by atoms with van der Waals surface area (Å²) in [5.74, 6) is -0.940. The summed E-state index contributed by atoms with van der Waals surface area (Å²) in [6.45, 7) is 1.94. The summed E-state index contributed by atoms with van der Waals surface area (Å²) < 4.78 is 1.75. The number of benzene rings is 1. The molecule has 0 amide bonds. The number of nitrogens with zero attached hydrogens (tertiary/aromatic N) is 1. The number of aryl methyl sites for hydroxylation is 1. The summed E-state index contributed by atoms with van der Waals surface area (Å²) in [4.78, 5) is 16.2. The molecular weight excluding hydrogens is 394 g/mol. The van der Waals surface area contributed by atoms with Gasteiger partial charge in [-0.2, -0.15) is 0 Å². The molecular formula is C13H9Br2NO2S. The first-order valence-corrected chi connectivity index (χ1v) is 7.70. The number of carboxylic acid groups (broad SMARTS) is 1. The van der Waals surface area contributed by atoms with E-state index < -0.39 is 5.97 Å². The molecule has 0 unspecified atom stereocenters. The summed E-state index contributed by atoms with van der Waals surface area (Å²) in [7, 11) is 0. The van der Waals surface area contributed by atoms with Crippen LogP contribution in [-0.4, -0.2) is 16.1 Å². The van der Waals surface area contributed by atoms with E-state index in [1.165, 1.54) is 11.8 Å². The molecule has 1 N–H and O–H groups in total. The van der Waals surface area contributed by atoms with Crippen molar-refractivity contribution in [3.05, 3.63) is 50.5 Å². The van der Waals surface area contributed by atoms with Gasteiger partial charge in [0.05, 0.1) is 5.56 Å². The highest BCUT2D eigenvalue weighted by Crippen LogP contribution is 2.33. The minimum atomic E-state index is -0.940. The van der Waals surface area contributed by atoms with Gasteiger partial charge in [-0.3, -0.25) is 0 Å². The van der Waals surface area contributed by atoms with Gasteiger partial charge in [0.25, 0.3) is 0 Å². The summed E-state index contributed by atoms with van der Waals surface area (Å²) in [6.07, 6.45) is 1.70. The number of halogens is 2. The van der Waals surface area contributed by atoms with E-state index in [1.807, 2.05) is 13.0 Å². The van der Waals surface area contributed by atoms with Gasteiger partial charge in [0.1, 0.15) is 5.03 Å². The standard InChI is InChI=1S/C13H9Br2NO2S/c1-7-4-9(15)6-16-12(7)19-11-5-8(14)2-3-10(11)13(17)18/h2-6H,1H3,(H,17,18). The fourth-order valence-corrected chi connectivity index (χ4v) is 3.44. The molecule has 1 heterocycles. The zero-order valence-electron chi connectivity index (χ0n) is 9.85. The van der Waals surface area contributed by atoms with Gasteiger partial charge in [0.15, 0.2) is 0 Å². The molecule has 0 bridgehead atoms. The van der Waals surface area contributed by atoms with Gasteiger partial charge >= 0.3 is 5.97 Å². The highest BCUT2D eigenvalue weighted by Gasteiger charge is 2.13. The van der Waals surface area contributed by atoms with Crippen molar-refractivity contribution in [2.45, 2.75) is 16.8 Å². The molecule has 0 aliphatic rings. The highest BCUT2D eigenvalue weighted by molar-refractivity contribution is 9.10. The Morgan fingerprint density at radius 1 is 1.26 bits per heavy atom. The summed E-state index contributed by atoms with van der Waals surface area (Å²) in [5.41, 5.74) is 1.27. The lowest BCUT2D eigenvalue weighted by molar-refractivity contribution is 0.0693. The average molecular weight is 403 g/mol. The van der Waals surface area contributed by atoms with E-state index in [9.17, 15) is 9.90 Å². The van der Waals surface area contributed by atoms with Crippen LogP contribution in [0.5, 0.6) is 0 Å². The lowest BCUT2D eigenvalue weighted by Gasteiger charge is -2.08. The SMILES string of the molecule is Cc1cc(Br)cnc1Sc1cc(Br)ccc1C(=O)O. The van der Waals surface area contributed by atoms with Gasteiger partial charge in [-0.25, -0.2) is 9.78 Å². The number of aromatic nitrogens is 1. The number of pyridine rings is 1. The van der Waals surface area contributed by atoms with Crippen LogP contribution < -0.4 is 0 Å². The van der Waals surface area contributed by atoms with E-state index in [0.29, 0.717) is 4.90 Å². The first-order valence-electron chi connectivity index (χ1n) is 5.30. The topological polar surface area (TPSA) is 50.2 Å². The zero-order chi connectivity index (χ0) is 14.0. The second-order valence-electron chi connectivity index (χ2n) is 3.82. The van der Waals surface area contributed by atoms with E-state index in [4.69, 9.17) is 0 Å². The van der Waals surface area contributed by atoms with Crippen molar-refractivity contribution in [2.24, 2.45) is 0 Å². The zero-order valence-corrected chi connectivity index (χ0v) is 13.8. The molecule has 0 fully saturated rings. The van der Waals surface area contributed by atoms with Crippen LogP contribution in [0, 0.1) is 6.92 Å². The minimum absolute atomic E-state index is 0.275. The maximum Gasteiger partial charge on any atom is 0.336 e. The van der Waals surface area contributed by atoms with E-state index >= 15 is 0 Å². The van der Waals surface area contributed by atoms with Crippen molar-refractivity contribution >= 4 is 49.6 Å². The predicted molar refractivity (Wildman–Crippen MR) is 81.9 cm³/mol. The second-order valence-corrected chi connectivity index (χ2v) is 6.69. The van der Waals surface area contributed by atoms with Crippen molar-refractivity contribution in [2.75, 3.05) is 0 Å². The minimum Gasteiger partial charge on any atom is -0.478 e. The van der Waals surface area contributed by atoms with Crippen LogP contribution in [-0.2, 0) is 0 Å². The van der Waals surface area contributed by atoms with Crippen molar-refractivity contribution in [1.29, 1.82) is 0 Å². The van der Waals surface area contributed by atoms with Crippen LogP contribution in [0.15, 0.2) is 49.3 Å². The number of aromatic carboxylic acids is 1. The number of hydrogen-bond acceptors (Lipinski definition) is 3. The fraction of sp³-hybridized carbons (Fsp3) is 0.0769. The predicted octanol–water partition coefficient (Wildman–Crippen LogP) is 4.76. The molecule has 2 rings (SSSR count). The van der Waals surface area contributed by atoms with E-state index in [0.717, 1.165) is 19.5 Å². The molecule has 3 nitrogen and oxygen atoms in total. The third kappa shape index (κ3) is 3.58. The van der Waals surface area contributed by atoms with Gasteiger partial charge in [0.2, 0.25) is 0 Å². The maximum atomic E-state index is 11.2. The molecule has 0 saturated heterocycles. The second kappa shape index (κ2) is 6.07. The van der Waals surface area contributed by atoms with Crippen molar-refractivity contribution in [1.82, 2.24) is 4.98 Å². The molecule has 19 heavy (non-hydrogen) atoms. The number of hydrogen-bond donors (Lipinski definition) is 1. The Kier molecular flexibility index (Phi) is 4.65. The third-order valence-electron chi connectivity index (χ3n) is 2.38. The molecule has 1 aromatic carbocycles. The molecule has 98 valence electrons. The van der Waals surface area contributed by atoms with Crippen LogP contribution in [0.25, 0.3) is 0 Å². The van der Waals surface area contributed by atoms with Crippen molar-refractivity contribution in [3.63, 3.8) is 0 Å². The quantitative estimate of drug-likeness (QED) is 0.803. The molecule has 0 spiro atoms. The van der Waals surface area contributed by atoms with Gasteiger partial charge in [-0.05, 0) is 52.7 Å². The first-order chi connectivity index (χ1) is 8.97. The Bertz CT molecular complexity index is 647. The average Bonchev–Trinajstić information content (AvgIpc) is 2.32. The third-order valence-corrected chi connectivity index (χ3v) is 4.48. The van der Waals surface area contributed by atoms with Gasteiger partial charge in [-0.1, -0.05) is 27.7 Å². The van der Waals surface area contributed by atoms with Crippen LogP contribution in [0.2, 0.25) is 0 Å². The molecule has 2 aromatic rings. The molecule has 0 aliphatic carbocycles. The van der Waals surface area contributed by atoms with Crippen molar-refractivity contribution < 1.29 is 9.90 Å². The van der Waals surface area contributed by atoms with E-state index in [2.05, 4.69) is 36.8 Å². The lowest BCUT2D eigenvalue weighted by atomic mass is 10.2. The Balaban J connectivity index is 2.42. The van der Waals surface area contributed by atoms with Crippen LogP contribution in [0.4, 0.5) is 0 Å². The van der Waals surface area contributed by atoms with Crippen LogP contribution >= 0.6 is 43.6 Å². The number of carboxylic acids is 1. The smallest absolute Gasteiger partial charge is 0.336 e. The Hall–Kier alpha value is -0.850. The van der Waals surface area contributed by atoms with Crippen LogP contribution in [0.1, 0.15) is 15.9 Å². The Morgan fingerprint density at radius 2 is 2.00 bits per heavy atom. The summed E-state index contributed by atoms with van der Waals surface area (Å²) in [5, 5.41) is 9.99. The van der Waals surface area contributed by atoms with Crippen molar-refractivity contribution in [3.8, 4) is 0 Å². The monoisotopic (exact) mass is 401 g/mol. The van der Waals surface area contributed by atoms with Gasteiger partial charge < -0.3 is 5.11 Å². The molecule has 1 aromatic heterocycles. The van der Waals surface area contributed by atoms with Crippen LogP contribution in [0.3, 0.4) is 0 Å². The molecule has 6 heteroatoms.